The molecule has 16 heavy (non-hydrogen) atoms. The van der Waals surface area contributed by atoms with Gasteiger partial charge in [0.2, 0.25) is 0 Å². The summed E-state index contributed by atoms with van der Waals surface area (Å²) in [5.74, 6) is 0.0859. The van der Waals surface area contributed by atoms with Crippen molar-refractivity contribution in [2.75, 3.05) is 20.2 Å². The summed E-state index contributed by atoms with van der Waals surface area (Å²) in [5.41, 5.74) is 0. The van der Waals surface area contributed by atoms with E-state index in [2.05, 4.69) is 11.6 Å². The lowest BCUT2D eigenvalue weighted by atomic mass is 10.1. The lowest BCUT2D eigenvalue weighted by molar-refractivity contribution is 0.0577. The summed E-state index contributed by atoms with van der Waals surface area (Å²) in [6.07, 6.45) is 4.90. The van der Waals surface area contributed by atoms with Crippen molar-refractivity contribution >= 4 is 5.84 Å². The molecule has 0 spiro atoms. The van der Waals surface area contributed by atoms with Gasteiger partial charge in [-0.1, -0.05) is 6.58 Å². The zero-order valence-corrected chi connectivity index (χ0v) is 9.95. The number of halogens is 1. The maximum absolute atomic E-state index is 13.6. The second kappa shape index (κ2) is 6.43. The Morgan fingerprint density at radius 2 is 2.12 bits per heavy atom. The molecule has 90 valence electrons. The van der Waals surface area contributed by atoms with E-state index < -0.39 is 0 Å². The first-order chi connectivity index (χ1) is 7.72. The van der Waals surface area contributed by atoms with E-state index in [0.29, 0.717) is 5.84 Å². The van der Waals surface area contributed by atoms with Crippen LogP contribution >= 0.6 is 0 Å². The van der Waals surface area contributed by atoms with Gasteiger partial charge in [0.25, 0.3) is 0 Å². The highest BCUT2D eigenvalue weighted by molar-refractivity contribution is 5.96. The minimum absolute atomic E-state index is 0.287. The minimum atomic E-state index is -0.296. The van der Waals surface area contributed by atoms with Crippen molar-refractivity contribution in [1.29, 1.82) is 0 Å². The van der Waals surface area contributed by atoms with Gasteiger partial charge in [0.05, 0.1) is 6.10 Å². The summed E-state index contributed by atoms with van der Waals surface area (Å²) in [6.45, 7) is 6.71. The molecule has 1 aliphatic rings. The second-order valence-electron chi connectivity index (χ2n) is 3.69. The Labute approximate surface area is 96.3 Å². The fourth-order valence-corrected chi connectivity index (χ4v) is 1.81. The first-order valence-electron chi connectivity index (χ1n) is 5.51. The molecule has 1 aliphatic heterocycles. The SMILES string of the molecule is C=CN=C(/C(F)=C\C)N1CCC(OC)CC1. The Kier molecular flexibility index (Phi) is 5.19. The van der Waals surface area contributed by atoms with Crippen LogP contribution in [0.3, 0.4) is 0 Å². The van der Waals surface area contributed by atoms with Crippen molar-refractivity contribution in [1.82, 2.24) is 4.90 Å². The number of piperidine rings is 1. The molecular weight excluding hydrogens is 207 g/mol. The zero-order chi connectivity index (χ0) is 12.0. The van der Waals surface area contributed by atoms with Gasteiger partial charge >= 0.3 is 0 Å². The molecule has 4 heteroatoms. The van der Waals surface area contributed by atoms with Gasteiger partial charge in [-0.2, -0.15) is 0 Å². The third kappa shape index (κ3) is 3.17. The van der Waals surface area contributed by atoms with Crippen LogP contribution in [0, 0.1) is 0 Å². The van der Waals surface area contributed by atoms with Crippen LogP contribution in [0.1, 0.15) is 19.8 Å². The maximum Gasteiger partial charge on any atom is 0.164 e. The Morgan fingerprint density at radius 3 is 2.56 bits per heavy atom. The van der Waals surface area contributed by atoms with Crippen LogP contribution in [0.5, 0.6) is 0 Å². The van der Waals surface area contributed by atoms with Gasteiger partial charge in [-0.05, 0) is 25.8 Å². The standard InChI is InChI=1S/C12H19FN2O/c1-4-11(13)12(14-5-2)15-8-6-10(16-3)7-9-15/h4-5,10H,2,6-9H2,1,3H3/b11-4+,14-12?. The number of hydrogen-bond donors (Lipinski definition) is 0. The van der Waals surface area contributed by atoms with Crippen molar-refractivity contribution in [3.05, 3.63) is 24.7 Å². The average molecular weight is 226 g/mol. The van der Waals surface area contributed by atoms with E-state index in [1.807, 2.05) is 4.90 Å². The molecule has 1 saturated heterocycles. The van der Waals surface area contributed by atoms with E-state index in [9.17, 15) is 4.39 Å². The van der Waals surface area contributed by atoms with E-state index in [1.54, 1.807) is 14.0 Å². The first kappa shape index (κ1) is 12.9. The van der Waals surface area contributed by atoms with Crippen molar-refractivity contribution in [2.24, 2.45) is 4.99 Å². The fraction of sp³-hybridized carbons (Fsp3) is 0.583. The molecule has 0 N–H and O–H groups in total. The molecule has 0 aromatic carbocycles. The number of ether oxygens (including phenoxy) is 1. The molecule has 0 amide bonds. The van der Waals surface area contributed by atoms with Crippen LogP contribution in [0.25, 0.3) is 0 Å². The second-order valence-corrected chi connectivity index (χ2v) is 3.69. The van der Waals surface area contributed by atoms with E-state index in [1.165, 1.54) is 12.3 Å². The Bertz CT molecular complexity index is 291. The van der Waals surface area contributed by atoms with E-state index in [-0.39, 0.29) is 11.9 Å². The highest BCUT2D eigenvalue weighted by Crippen LogP contribution is 2.16. The summed E-state index contributed by atoms with van der Waals surface area (Å²) < 4.78 is 18.8. The highest BCUT2D eigenvalue weighted by Gasteiger charge is 2.22. The van der Waals surface area contributed by atoms with Crippen LogP contribution in [-0.2, 0) is 4.74 Å². The summed E-state index contributed by atoms with van der Waals surface area (Å²) in [7, 11) is 1.71. The lowest BCUT2D eigenvalue weighted by Crippen LogP contribution is -2.40. The quantitative estimate of drug-likeness (QED) is 0.545. The average Bonchev–Trinajstić information content (AvgIpc) is 2.35. The predicted octanol–water partition coefficient (Wildman–Crippen LogP) is 2.51. The maximum atomic E-state index is 13.6. The number of amidine groups is 1. The lowest BCUT2D eigenvalue weighted by Gasteiger charge is -2.32. The van der Waals surface area contributed by atoms with Crippen molar-refractivity contribution in [3.8, 4) is 0 Å². The topological polar surface area (TPSA) is 24.8 Å². The van der Waals surface area contributed by atoms with Gasteiger partial charge in [-0.15, -0.1) is 0 Å². The molecule has 0 unspecified atom stereocenters. The van der Waals surface area contributed by atoms with Crippen LogP contribution < -0.4 is 0 Å². The molecular formula is C12H19FN2O. The van der Waals surface area contributed by atoms with Gasteiger partial charge in [0, 0.05) is 26.4 Å². The monoisotopic (exact) mass is 226 g/mol. The number of nitrogens with zero attached hydrogens (tertiary/aromatic N) is 2. The molecule has 0 radical (unpaired) electrons. The number of rotatable bonds is 3. The summed E-state index contributed by atoms with van der Waals surface area (Å²) in [4.78, 5) is 5.93. The molecule has 1 rings (SSSR count). The fourth-order valence-electron chi connectivity index (χ4n) is 1.81. The number of aliphatic imine (C=N–C) groups is 1. The highest BCUT2D eigenvalue weighted by atomic mass is 19.1. The first-order valence-corrected chi connectivity index (χ1v) is 5.51. The van der Waals surface area contributed by atoms with Crippen molar-refractivity contribution in [2.45, 2.75) is 25.9 Å². The van der Waals surface area contributed by atoms with Crippen LogP contribution in [0.2, 0.25) is 0 Å². The predicted molar refractivity (Wildman–Crippen MR) is 64.1 cm³/mol. The molecule has 1 fully saturated rings. The summed E-state index contributed by atoms with van der Waals surface area (Å²) >= 11 is 0. The van der Waals surface area contributed by atoms with Crippen molar-refractivity contribution < 1.29 is 9.13 Å². The van der Waals surface area contributed by atoms with E-state index in [4.69, 9.17) is 4.74 Å². The van der Waals surface area contributed by atoms with Crippen LogP contribution in [0.4, 0.5) is 4.39 Å². The summed E-state index contributed by atoms with van der Waals surface area (Å²) in [5, 5.41) is 0. The normalized spacial score (nSPS) is 20.1. The molecule has 3 nitrogen and oxygen atoms in total. The smallest absolute Gasteiger partial charge is 0.164 e. The molecule has 0 aromatic heterocycles. The van der Waals surface area contributed by atoms with Gasteiger partial charge in [0.1, 0.15) is 0 Å². The van der Waals surface area contributed by atoms with E-state index >= 15 is 0 Å². The molecule has 1 heterocycles. The minimum Gasteiger partial charge on any atom is -0.381 e. The van der Waals surface area contributed by atoms with Gasteiger partial charge in [0.15, 0.2) is 11.7 Å². The van der Waals surface area contributed by atoms with Crippen molar-refractivity contribution in [3.63, 3.8) is 0 Å². The third-order valence-corrected chi connectivity index (χ3v) is 2.76. The Morgan fingerprint density at radius 1 is 1.50 bits per heavy atom. The molecule has 0 aromatic rings. The van der Waals surface area contributed by atoms with Gasteiger partial charge in [-0.25, -0.2) is 9.38 Å². The van der Waals surface area contributed by atoms with Crippen LogP contribution in [-0.4, -0.2) is 37.0 Å². The number of hydrogen-bond acceptors (Lipinski definition) is 2. The Hall–Kier alpha value is -1.16. The largest absolute Gasteiger partial charge is 0.381 e. The van der Waals surface area contributed by atoms with Gasteiger partial charge in [-0.3, -0.25) is 0 Å². The molecule has 0 atom stereocenters. The zero-order valence-electron chi connectivity index (χ0n) is 9.95. The molecule has 0 saturated carbocycles. The number of allylic oxidation sites excluding steroid dienone is 1. The number of likely N-dealkylation sites (tertiary alicyclic amines) is 1. The summed E-state index contributed by atoms with van der Waals surface area (Å²) in [6, 6.07) is 0. The Balaban J connectivity index is 2.68. The van der Waals surface area contributed by atoms with E-state index in [0.717, 1.165) is 25.9 Å². The van der Waals surface area contributed by atoms with Gasteiger partial charge < -0.3 is 9.64 Å². The molecule has 0 bridgehead atoms. The molecule has 0 aliphatic carbocycles. The van der Waals surface area contributed by atoms with Crippen LogP contribution in [0.15, 0.2) is 29.7 Å². The third-order valence-electron chi connectivity index (χ3n) is 2.76. The number of methoxy groups -OCH3 is 1.